The summed E-state index contributed by atoms with van der Waals surface area (Å²) in [5.41, 5.74) is -0.0494. The van der Waals surface area contributed by atoms with Crippen LogP contribution >= 0.6 is 23.2 Å². The fraction of sp³-hybridized carbons (Fsp3) is 0.185. The number of imide groups is 1. The van der Waals surface area contributed by atoms with Crippen molar-refractivity contribution in [2.45, 2.75) is 18.6 Å². The molecule has 3 atom stereocenters. The number of aryl methyl sites for hydroxylation is 1. The molecule has 3 aromatic rings. The number of benzene rings is 3. The second-order valence-corrected chi connectivity index (χ2v) is 9.76. The zero-order valence-electron chi connectivity index (χ0n) is 18.3. The molecule has 2 fully saturated rings. The molecule has 2 amide bonds. The van der Waals surface area contributed by atoms with Crippen LogP contribution < -0.4 is 4.90 Å². The predicted octanol–water partition coefficient (Wildman–Crippen LogP) is 5.00. The van der Waals surface area contributed by atoms with E-state index in [0.29, 0.717) is 5.56 Å². The summed E-state index contributed by atoms with van der Waals surface area (Å²) in [6.07, 6.45) is -0.965. The average molecular weight is 506 g/mol. The zero-order valence-corrected chi connectivity index (χ0v) is 19.8. The molecule has 174 valence electrons. The number of hydrogen-bond donors (Lipinski definition) is 0. The Morgan fingerprint density at radius 2 is 1.43 bits per heavy atom. The summed E-state index contributed by atoms with van der Waals surface area (Å²) in [6, 6.07) is 18.1. The van der Waals surface area contributed by atoms with Gasteiger partial charge < -0.3 is 4.74 Å². The molecule has 8 heteroatoms. The van der Waals surface area contributed by atoms with E-state index in [1.54, 1.807) is 36.4 Å². The molecule has 3 aromatic carbocycles. The van der Waals surface area contributed by atoms with Crippen molar-refractivity contribution in [1.29, 1.82) is 0 Å². The van der Waals surface area contributed by atoms with Gasteiger partial charge >= 0.3 is 0 Å². The summed E-state index contributed by atoms with van der Waals surface area (Å²) in [4.78, 5) is 56.3. The lowest BCUT2D eigenvalue weighted by atomic mass is 9.77. The Balaban J connectivity index is 1.56. The summed E-state index contributed by atoms with van der Waals surface area (Å²) in [7, 11) is 0. The van der Waals surface area contributed by atoms with Gasteiger partial charge in [-0.1, -0.05) is 71.7 Å². The molecule has 1 aliphatic carbocycles. The molecule has 0 unspecified atom stereocenters. The first-order valence-corrected chi connectivity index (χ1v) is 11.8. The maximum Gasteiger partial charge on any atom is 0.241 e. The summed E-state index contributed by atoms with van der Waals surface area (Å²) in [5, 5.41) is 0.438. The van der Waals surface area contributed by atoms with Crippen molar-refractivity contribution in [3.05, 3.63) is 99.0 Å². The number of amides is 2. The van der Waals surface area contributed by atoms with E-state index < -0.39 is 46.9 Å². The van der Waals surface area contributed by atoms with E-state index in [-0.39, 0.29) is 26.9 Å². The second-order valence-electron chi connectivity index (χ2n) is 8.95. The third-order valence-corrected chi connectivity index (χ3v) is 7.91. The van der Waals surface area contributed by atoms with Crippen molar-refractivity contribution in [2.75, 3.05) is 4.90 Å². The van der Waals surface area contributed by atoms with Gasteiger partial charge in [0.15, 0.2) is 0 Å². The van der Waals surface area contributed by atoms with Gasteiger partial charge in [-0.05, 0) is 36.2 Å². The van der Waals surface area contributed by atoms with E-state index in [9.17, 15) is 19.2 Å². The normalized spacial score (nSPS) is 24.4. The topological polar surface area (TPSA) is 80.8 Å². The van der Waals surface area contributed by atoms with Crippen molar-refractivity contribution in [1.82, 2.24) is 0 Å². The Kier molecular flexibility index (Phi) is 4.81. The molecule has 1 spiro atoms. The first-order chi connectivity index (χ1) is 16.8. The van der Waals surface area contributed by atoms with Gasteiger partial charge in [-0.15, -0.1) is 0 Å². The van der Waals surface area contributed by atoms with Crippen molar-refractivity contribution in [3.63, 3.8) is 0 Å². The standard InChI is InChI=1S/C27H17Cl2NO5/c1-13-6-2-3-7-15(13)22-20-21(26(34)30(25(20)33)14-10-11-18(28)19(29)12-14)27(35-22)23(31)16-8-4-5-9-17(16)24(27)32/h2-12,20-22H,1H3/t20-,21+,22-/m1/s1. The van der Waals surface area contributed by atoms with E-state index >= 15 is 0 Å². The third-order valence-electron chi connectivity index (χ3n) is 7.18. The highest BCUT2D eigenvalue weighted by Crippen LogP contribution is 2.58. The molecule has 0 bridgehead atoms. The number of rotatable bonds is 2. The molecular weight excluding hydrogens is 489 g/mol. The SMILES string of the molecule is Cc1ccccc1[C@H]1OC2(C(=O)c3ccccc3C2=O)[C@@H]2C(=O)N(c3ccc(Cl)c(Cl)c3)C(=O)[C@@H]12. The lowest BCUT2D eigenvalue weighted by Crippen LogP contribution is -2.51. The van der Waals surface area contributed by atoms with E-state index in [0.717, 1.165) is 10.5 Å². The molecule has 0 aromatic heterocycles. The maximum absolute atomic E-state index is 13.9. The number of hydrogen-bond acceptors (Lipinski definition) is 5. The van der Waals surface area contributed by atoms with Crippen LogP contribution in [0.1, 0.15) is 37.9 Å². The molecule has 0 radical (unpaired) electrons. The van der Waals surface area contributed by atoms with Gasteiger partial charge in [-0.2, -0.15) is 0 Å². The van der Waals surface area contributed by atoms with Crippen molar-refractivity contribution < 1.29 is 23.9 Å². The Bertz CT molecular complexity index is 1450. The van der Waals surface area contributed by atoms with Crippen molar-refractivity contribution >= 4 is 52.3 Å². The Morgan fingerprint density at radius 1 is 0.800 bits per heavy atom. The van der Waals surface area contributed by atoms with Crippen LogP contribution in [0.15, 0.2) is 66.7 Å². The molecular formula is C27H17Cl2NO5. The van der Waals surface area contributed by atoms with Crippen LogP contribution in [0.3, 0.4) is 0 Å². The number of ketones is 2. The smallest absolute Gasteiger partial charge is 0.241 e. The molecule has 0 saturated carbocycles. The van der Waals surface area contributed by atoms with Crippen LogP contribution in [0.4, 0.5) is 5.69 Å². The molecule has 2 saturated heterocycles. The van der Waals surface area contributed by atoms with Gasteiger partial charge in [0.05, 0.1) is 33.7 Å². The van der Waals surface area contributed by atoms with Crippen LogP contribution in [0.5, 0.6) is 0 Å². The number of Topliss-reactive ketones (excluding diaryl/α,β-unsaturated/α-hetero) is 2. The summed E-state index contributed by atoms with van der Waals surface area (Å²) >= 11 is 12.2. The largest absolute Gasteiger partial charge is 0.349 e. The van der Waals surface area contributed by atoms with Gasteiger partial charge in [0, 0.05) is 11.1 Å². The fourth-order valence-electron chi connectivity index (χ4n) is 5.58. The number of fused-ring (bicyclic) bond motifs is 3. The van der Waals surface area contributed by atoms with Crippen LogP contribution in [0.25, 0.3) is 0 Å². The minimum Gasteiger partial charge on any atom is -0.349 e. The van der Waals surface area contributed by atoms with Crippen molar-refractivity contribution in [3.8, 4) is 0 Å². The van der Waals surface area contributed by atoms with Gasteiger partial charge in [-0.25, -0.2) is 4.90 Å². The number of carbonyl (C=O) groups is 4. The van der Waals surface area contributed by atoms with Crippen LogP contribution in [-0.2, 0) is 14.3 Å². The first kappa shape index (κ1) is 22.2. The maximum atomic E-state index is 13.9. The minimum absolute atomic E-state index is 0.170. The first-order valence-electron chi connectivity index (χ1n) is 11.0. The lowest BCUT2D eigenvalue weighted by molar-refractivity contribution is -0.127. The third kappa shape index (κ3) is 2.82. The lowest BCUT2D eigenvalue weighted by Gasteiger charge is -2.27. The van der Waals surface area contributed by atoms with Crippen LogP contribution in [-0.4, -0.2) is 29.0 Å². The van der Waals surface area contributed by atoms with Gasteiger partial charge in [-0.3, -0.25) is 19.2 Å². The number of halogens is 2. The van der Waals surface area contributed by atoms with E-state index in [1.807, 2.05) is 19.1 Å². The minimum atomic E-state index is -2.11. The number of nitrogens with zero attached hydrogens (tertiary/aromatic N) is 1. The van der Waals surface area contributed by atoms with Gasteiger partial charge in [0.25, 0.3) is 0 Å². The highest BCUT2D eigenvalue weighted by molar-refractivity contribution is 6.42. The quantitative estimate of drug-likeness (QED) is 0.361. The second kappa shape index (κ2) is 7.59. The molecule has 0 N–H and O–H groups in total. The molecule has 6 nitrogen and oxygen atoms in total. The number of carbonyl (C=O) groups excluding carboxylic acids is 4. The molecule has 3 aliphatic rings. The molecule has 2 aliphatic heterocycles. The molecule has 6 rings (SSSR count). The Labute approximate surface area is 210 Å². The van der Waals surface area contributed by atoms with Crippen LogP contribution in [0.2, 0.25) is 10.0 Å². The Morgan fingerprint density at radius 3 is 2.06 bits per heavy atom. The number of anilines is 1. The van der Waals surface area contributed by atoms with E-state index in [4.69, 9.17) is 27.9 Å². The van der Waals surface area contributed by atoms with Gasteiger partial charge in [0.1, 0.15) is 0 Å². The Hall–Kier alpha value is -3.32. The van der Waals surface area contributed by atoms with E-state index in [2.05, 4.69) is 0 Å². The van der Waals surface area contributed by atoms with Crippen LogP contribution in [0, 0.1) is 18.8 Å². The predicted molar refractivity (Wildman–Crippen MR) is 129 cm³/mol. The highest BCUT2D eigenvalue weighted by Gasteiger charge is 2.74. The molecule has 35 heavy (non-hydrogen) atoms. The summed E-state index contributed by atoms with van der Waals surface area (Å²) in [6.45, 7) is 1.85. The highest BCUT2D eigenvalue weighted by atomic mass is 35.5. The summed E-state index contributed by atoms with van der Waals surface area (Å²) in [5.74, 6) is -4.81. The average Bonchev–Trinajstić information content (AvgIpc) is 3.41. The number of ether oxygens (including phenoxy) is 1. The molecule has 2 heterocycles. The fourth-order valence-corrected chi connectivity index (χ4v) is 5.88. The van der Waals surface area contributed by atoms with E-state index in [1.165, 1.54) is 18.2 Å². The zero-order chi connectivity index (χ0) is 24.6. The van der Waals surface area contributed by atoms with Gasteiger partial charge in [0.2, 0.25) is 29.0 Å². The van der Waals surface area contributed by atoms with Crippen molar-refractivity contribution in [2.24, 2.45) is 11.8 Å². The monoisotopic (exact) mass is 505 g/mol. The summed E-state index contributed by atoms with van der Waals surface area (Å²) < 4.78 is 6.30.